The monoisotopic (exact) mass is 345 g/mol. The summed E-state index contributed by atoms with van der Waals surface area (Å²) in [7, 11) is 4.77. The van der Waals surface area contributed by atoms with Gasteiger partial charge < -0.3 is 4.57 Å². The molecule has 2 aromatic rings. The topological polar surface area (TPSA) is 61.8 Å². The van der Waals surface area contributed by atoms with Crippen molar-refractivity contribution in [3.63, 3.8) is 0 Å². The Morgan fingerprint density at radius 2 is 1.69 bits per heavy atom. The van der Waals surface area contributed by atoms with Crippen molar-refractivity contribution in [1.82, 2.24) is 18.7 Å². The molecule has 0 saturated heterocycles. The third kappa shape index (κ3) is 2.13. The molecule has 82 valence electrons. The van der Waals surface area contributed by atoms with Gasteiger partial charge in [-0.1, -0.05) is 0 Å². The Labute approximate surface area is 131 Å². The van der Waals surface area contributed by atoms with E-state index in [2.05, 4.69) is 4.98 Å². The normalized spacial score (nSPS) is 9.69. The molecule has 2 rings (SSSR count). The van der Waals surface area contributed by atoms with Crippen molar-refractivity contribution in [2.45, 2.75) is 0 Å². The van der Waals surface area contributed by atoms with Gasteiger partial charge in [0.15, 0.2) is 11.2 Å². The van der Waals surface area contributed by atoms with Gasteiger partial charge in [0.2, 0.25) is 0 Å². The number of fused-ring (bicyclic) bond motifs is 1. The maximum atomic E-state index is 11.7. The summed E-state index contributed by atoms with van der Waals surface area (Å²) in [5.74, 6) is 0. The first-order valence-electron chi connectivity index (χ1n) is 4.11. The van der Waals surface area contributed by atoms with Crippen LogP contribution >= 0.6 is 24.0 Å². The number of halogens is 1. The van der Waals surface area contributed by atoms with Crippen LogP contribution in [-0.4, -0.2) is 18.7 Å². The molecule has 0 radical (unpaired) electrons. The first-order valence-corrected chi connectivity index (χ1v) is 4.11. The van der Waals surface area contributed by atoms with Crippen molar-refractivity contribution in [3.8, 4) is 0 Å². The predicted molar refractivity (Wildman–Crippen MR) is 66.6 cm³/mol. The van der Waals surface area contributed by atoms with E-state index in [1.165, 1.54) is 17.9 Å². The third-order valence-corrected chi connectivity index (χ3v) is 2.32. The second-order valence-corrected chi connectivity index (χ2v) is 3.23. The zero-order chi connectivity index (χ0) is 10.5. The van der Waals surface area contributed by atoms with E-state index >= 15 is 0 Å². The number of imidazole rings is 1. The standard InChI is InChI=1S/C8H10N4O2.HI.Na/c1-10-4-9-6-5(10)7(13)12(3)8(14)11(6)2;;/h4H,1-3H3;1H;/q;;+1. The minimum atomic E-state index is -0.360. The molecule has 0 N–H and O–H groups in total. The van der Waals surface area contributed by atoms with Crippen LogP contribution in [0.25, 0.3) is 11.2 Å². The van der Waals surface area contributed by atoms with Crippen LogP contribution in [0.4, 0.5) is 0 Å². The zero-order valence-corrected chi connectivity index (χ0v) is 13.9. The molecule has 0 unspecified atom stereocenters. The first kappa shape index (κ1) is 15.9. The van der Waals surface area contributed by atoms with E-state index in [-0.39, 0.29) is 64.8 Å². The summed E-state index contributed by atoms with van der Waals surface area (Å²) in [5, 5.41) is 0. The van der Waals surface area contributed by atoms with E-state index in [9.17, 15) is 9.59 Å². The van der Waals surface area contributed by atoms with Crippen LogP contribution in [0.3, 0.4) is 0 Å². The molecule has 2 aromatic heterocycles. The van der Waals surface area contributed by atoms with Gasteiger partial charge in [-0.05, 0) is 0 Å². The van der Waals surface area contributed by atoms with Gasteiger partial charge in [0.1, 0.15) is 0 Å². The van der Waals surface area contributed by atoms with Crippen LogP contribution in [0.1, 0.15) is 0 Å². The molecule has 2 heterocycles. The van der Waals surface area contributed by atoms with E-state index in [0.717, 1.165) is 4.57 Å². The minimum absolute atomic E-state index is 0. The van der Waals surface area contributed by atoms with E-state index in [4.69, 9.17) is 0 Å². The molecule has 0 aromatic carbocycles. The Bertz CT molecular complexity index is 627. The van der Waals surface area contributed by atoms with E-state index in [1.54, 1.807) is 18.7 Å². The van der Waals surface area contributed by atoms with Gasteiger partial charge in [-0.25, -0.2) is 9.78 Å². The van der Waals surface area contributed by atoms with Crippen LogP contribution in [-0.2, 0) is 21.1 Å². The largest absolute Gasteiger partial charge is 1.00 e. The SMILES string of the molecule is Cn1c(=O)c2c(ncn2C)n(C)c1=O.I.[Na+]. The van der Waals surface area contributed by atoms with Crippen molar-refractivity contribution in [3.05, 3.63) is 27.2 Å². The molecule has 16 heavy (non-hydrogen) atoms. The number of aromatic nitrogens is 4. The number of hydrogen-bond donors (Lipinski definition) is 0. The quantitative estimate of drug-likeness (QED) is 0.369. The summed E-state index contributed by atoms with van der Waals surface area (Å²) in [5.41, 5.74) is 0.180. The molecule has 0 spiro atoms. The summed E-state index contributed by atoms with van der Waals surface area (Å²) in [6.45, 7) is 0. The first-order chi connectivity index (χ1) is 6.54. The second-order valence-electron chi connectivity index (χ2n) is 3.23. The Morgan fingerprint density at radius 1 is 1.12 bits per heavy atom. The maximum absolute atomic E-state index is 11.7. The fourth-order valence-corrected chi connectivity index (χ4v) is 1.47. The van der Waals surface area contributed by atoms with Crippen LogP contribution in [0.2, 0.25) is 0 Å². The Kier molecular flexibility index (Phi) is 5.44. The van der Waals surface area contributed by atoms with E-state index in [1.807, 2.05) is 0 Å². The van der Waals surface area contributed by atoms with Gasteiger partial charge in [0.05, 0.1) is 6.33 Å². The van der Waals surface area contributed by atoms with Gasteiger partial charge >= 0.3 is 35.2 Å². The summed E-state index contributed by atoms with van der Waals surface area (Å²) >= 11 is 0. The molecule has 0 bridgehead atoms. The summed E-state index contributed by atoms with van der Waals surface area (Å²) in [6.07, 6.45) is 1.52. The number of aryl methyl sites for hydroxylation is 2. The third-order valence-electron chi connectivity index (χ3n) is 2.32. The van der Waals surface area contributed by atoms with Gasteiger partial charge in [0.25, 0.3) is 5.56 Å². The molecule has 6 nitrogen and oxygen atoms in total. The van der Waals surface area contributed by atoms with Crippen molar-refractivity contribution >= 4 is 35.1 Å². The Balaban J connectivity index is 0.00000112. The molecule has 0 aliphatic heterocycles. The van der Waals surface area contributed by atoms with Crippen molar-refractivity contribution in [2.75, 3.05) is 0 Å². The minimum Gasteiger partial charge on any atom is -0.328 e. The van der Waals surface area contributed by atoms with Crippen LogP contribution in [0.5, 0.6) is 0 Å². The molecule has 0 saturated carbocycles. The predicted octanol–water partition coefficient (Wildman–Crippen LogP) is -3.41. The smallest absolute Gasteiger partial charge is 0.328 e. The van der Waals surface area contributed by atoms with Gasteiger partial charge in [-0.3, -0.25) is 13.9 Å². The van der Waals surface area contributed by atoms with Gasteiger partial charge in [-0.2, -0.15) is 0 Å². The van der Waals surface area contributed by atoms with Crippen molar-refractivity contribution < 1.29 is 29.6 Å². The Morgan fingerprint density at radius 3 is 2.25 bits per heavy atom. The van der Waals surface area contributed by atoms with Crippen LogP contribution in [0.15, 0.2) is 15.9 Å². The number of hydrogen-bond acceptors (Lipinski definition) is 3. The van der Waals surface area contributed by atoms with Crippen molar-refractivity contribution in [1.29, 1.82) is 0 Å². The molecule has 0 aliphatic carbocycles. The molecule has 0 aliphatic rings. The Hall–Kier alpha value is -0.120. The summed E-state index contributed by atoms with van der Waals surface area (Å²) in [4.78, 5) is 27.2. The summed E-state index contributed by atoms with van der Waals surface area (Å²) in [6, 6.07) is 0. The zero-order valence-electron chi connectivity index (χ0n) is 9.59. The molecular formula is C8H11IN4NaO2+. The van der Waals surface area contributed by atoms with E-state index in [0.29, 0.717) is 11.2 Å². The molecule has 0 fully saturated rings. The molecule has 0 amide bonds. The fraction of sp³-hybridized carbons (Fsp3) is 0.375. The van der Waals surface area contributed by atoms with Gasteiger partial charge in [0, 0.05) is 21.1 Å². The maximum Gasteiger partial charge on any atom is 1.00 e. The fourth-order valence-electron chi connectivity index (χ4n) is 1.47. The van der Waals surface area contributed by atoms with E-state index < -0.39 is 0 Å². The van der Waals surface area contributed by atoms with Crippen molar-refractivity contribution in [2.24, 2.45) is 21.1 Å². The number of rotatable bonds is 0. The average Bonchev–Trinajstić information content (AvgIpc) is 2.54. The number of nitrogens with zero attached hydrogens (tertiary/aromatic N) is 4. The second kappa shape index (κ2) is 5.48. The van der Waals surface area contributed by atoms with Gasteiger partial charge in [-0.15, -0.1) is 24.0 Å². The summed E-state index contributed by atoms with van der Waals surface area (Å²) < 4.78 is 4.04. The average molecular weight is 345 g/mol. The molecule has 0 atom stereocenters. The molecule has 8 heteroatoms. The van der Waals surface area contributed by atoms with Crippen LogP contribution in [0, 0.1) is 0 Å². The molecular weight excluding hydrogens is 334 g/mol. The van der Waals surface area contributed by atoms with Crippen LogP contribution < -0.4 is 40.8 Å².